The van der Waals surface area contributed by atoms with Crippen molar-refractivity contribution in [2.45, 2.75) is 32.2 Å². The summed E-state index contributed by atoms with van der Waals surface area (Å²) in [6, 6.07) is 0. The van der Waals surface area contributed by atoms with E-state index in [-0.39, 0.29) is 18.6 Å². The Hall–Kier alpha value is -0.120. The molecule has 0 unspecified atom stereocenters. The fraction of sp³-hybridized carbons (Fsp3) is 1.00. The van der Waals surface area contributed by atoms with Crippen molar-refractivity contribution in [1.82, 2.24) is 0 Å². The molecule has 0 aromatic carbocycles. The molecule has 1 aliphatic rings. The molecule has 3 nitrogen and oxygen atoms in total. The summed E-state index contributed by atoms with van der Waals surface area (Å²) in [4.78, 5) is 0. The number of aliphatic hydroxyl groups is 2. The van der Waals surface area contributed by atoms with Gasteiger partial charge in [-0.25, -0.2) is 0 Å². The third kappa shape index (κ3) is 1.31. The normalized spacial score (nSPS) is 49.2. The highest BCUT2D eigenvalue weighted by Gasteiger charge is 2.32. The van der Waals surface area contributed by atoms with E-state index in [1.165, 1.54) is 0 Å². The largest absolute Gasteiger partial charge is 0.390 e. The first-order valence-electron chi connectivity index (χ1n) is 3.60. The first-order chi connectivity index (χ1) is 4.63. The average Bonchev–Trinajstić information content (AvgIpc) is 1.93. The van der Waals surface area contributed by atoms with Gasteiger partial charge in [0.1, 0.15) is 6.10 Å². The summed E-state index contributed by atoms with van der Waals surface area (Å²) >= 11 is 0. The molecular formula is C7H14O3. The van der Waals surface area contributed by atoms with E-state index < -0.39 is 12.2 Å². The molecule has 2 N–H and O–H groups in total. The van der Waals surface area contributed by atoms with Gasteiger partial charge in [-0.05, 0) is 6.92 Å². The fourth-order valence-corrected chi connectivity index (χ4v) is 1.13. The molecule has 1 rings (SSSR count). The van der Waals surface area contributed by atoms with Crippen LogP contribution in [0, 0.1) is 5.92 Å². The second-order valence-corrected chi connectivity index (χ2v) is 2.96. The topological polar surface area (TPSA) is 49.7 Å². The van der Waals surface area contributed by atoms with Crippen LogP contribution in [0.1, 0.15) is 13.8 Å². The molecule has 0 aliphatic carbocycles. The zero-order valence-electron chi connectivity index (χ0n) is 6.32. The van der Waals surface area contributed by atoms with Gasteiger partial charge in [0.25, 0.3) is 0 Å². The van der Waals surface area contributed by atoms with Crippen LogP contribution < -0.4 is 0 Å². The minimum atomic E-state index is -0.703. The van der Waals surface area contributed by atoms with Crippen molar-refractivity contribution < 1.29 is 14.9 Å². The van der Waals surface area contributed by atoms with Gasteiger partial charge >= 0.3 is 0 Å². The minimum absolute atomic E-state index is 0.0312. The average molecular weight is 146 g/mol. The van der Waals surface area contributed by atoms with Crippen molar-refractivity contribution in [2.24, 2.45) is 5.92 Å². The van der Waals surface area contributed by atoms with Gasteiger partial charge < -0.3 is 14.9 Å². The molecule has 10 heavy (non-hydrogen) atoms. The van der Waals surface area contributed by atoms with Crippen molar-refractivity contribution in [3.8, 4) is 0 Å². The summed E-state index contributed by atoms with van der Waals surface area (Å²) in [6.45, 7) is 4.03. The number of aliphatic hydroxyl groups excluding tert-OH is 2. The molecule has 0 amide bonds. The van der Waals surface area contributed by atoms with Gasteiger partial charge in [0, 0.05) is 5.92 Å². The van der Waals surface area contributed by atoms with Crippen molar-refractivity contribution in [1.29, 1.82) is 0 Å². The molecule has 0 radical (unpaired) electrons. The van der Waals surface area contributed by atoms with Crippen molar-refractivity contribution in [3.63, 3.8) is 0 Å². The van der Waals surface area contributed by atoms with Crippen LogP contribution in [-0.4, -0.2) is 35.1 Å². The van der Waals surface area contributed by atoms with E-state index in [1.807, 2.05) is 13.8 Å². The highest BCUT2D eigenvalue weighted by molar-refractivity contribution is 4.81. The van der Waals surface area contributed by atoms with Gasteiger partial charge in [-0.15, -0.1) is 0 Å². The van der Waals surface area contributed by atoms with Crippen LogP contribution in [0.2, 0.25) is 0 Å². The minimum Gasteiger partial charge on any atom is -0.390 e. The van der Waals surface area contributed by atoms with E-state index in [1.54, 1.807) is 0 Å². The quantitative estimate of drug-likeness (QED) is 0.496. The van der Waals surface area contributed by atoms with Gasteiger partial charge in [0.05, 0.1) is 18.8 Å². The maximum absolute atomic E-state index is 9.29. The molecule has 1 saturated heterocycles. The van der Waals surface area contributed by atoms with Gasteiger partial charge in [-0.2, -0.15) is 0 Å². The maximum Gasteiger partial charge on any atom is 0.104 e. The van der Waals surface area contributed by atoms with E-state index in [9.17, 15) is 5.11 Å². The Bertz CT molecular complexity index is 101. The van der Waals surface area contributed by atoms with Crippen LogP contribution in [-0.2, 0) is 4.74 Å². The first-order valence-corrected chi connectivity index (χ1v) is 3.60. The summed E-state index contributed by atoms with van der Waals surface area (Å²) in [5.74, 6) is 0.0312. The lowest BCUT2D eigenvalue weighted by Gasteiger charge is -2.34. The Morgan fingerprint density at radius 1 is 1.30 bits per heavy atom. The zero-order chi connectivity index (χ0) is 7.72. The summed E-state index contributed by atoms with van der Waals surface area (Å²) in [7, 11) is 0. The van der Waals surface area contributed by atoms with Crippen LogP contribution in [0.5, 0.6) is 0 Å². The highest BCUT2D eigenvalue weighted by Crippen LogP contribution is 2.20. The van der Waals surface area contributed by atoms with Crippen LogP contribution in [0.3, 0.4) is 0 Å². The van der Waals surface area contributed by atoms with E-state index >= 15 is 0 Å². The molecule has 60 valence electrons. The summed E-state index contributed by atoms with van der Waals surface area (Å²) in [5.41, 5.74) is 0. The fourth-order valence-electron chi connectivity index (χ4n) is 1.13. The van der Waals surface area contributed by atoms with Gasteiger partial charge in [0.15, 0.2) is 0 Å². The van der Waals surface area contributed by atoms with Gasteiger partial charge in [0.2, 0.25) is 0 Å². The molecule has 1 fully saturated rings. The molecular weight excluding hydrogens is 132 g/mol. The van der Waals surface area contributed by atoms with Crippen molar-refractivity contribution in [3.05, 3.63) is 0 Å². The van der Waals surface area contributed by atoms with E-state index in [0.29, 0.717) is 0 Å². The number of hydrogen-bond acceptors (Lipinski definition) is 3. The molecule has 0 aromatic heterocycles. The molecule has 3 heteroatoms. The summed E-state index contributed by atoms with van der Waals surface area (Å²) < 4.78 is 5.16. The molecule has 1 heterocycles. The molecule has 0 saturated carbocycles. The van der Waals surface area contributed by atoms with E-state index in [2.05, 4.69) is 0 Å². The Morgan fingerprint density at radius 2 is 1.90 bits per heavy atom. The predicted octanol–water partition coefficient (Wildman–Crippen LogP) is -0.237. The number of ether oxygens (including phenoxy) is 1. The second kappa shape index (κ2) is 2.86. The maximum atomic E-state index is 9.29. The first kappa shape index (κ1) is 7.98. The van der Waals surface area contributed by atoms with E-state index in [0.717, 1.165) is 0 Å². The molecule has 0 spiro atoms. The monoisotopic (exact) mass is 146 g/mol. The SMILES string of the molecule is C[C@H]1[C@H](O)[C@H](O)CO[C@H]1C. The number of hydrogen-bond donors (Lipinski definition) is 2. The van der Waals surface area contributed by atoms with E-state index in [4.69, 9.17) is 9.84 Å². The Labute approximate surface area is 60.6 Å². The van der Waals surface area contributed by atoms with Crippen LogP contribution in [0.4, 0.5) is 0 Å². The third-order valence-corrected chi connectivity index (χ3v) is 2.20. The van der Waals surface area contributed by atoms with Crippen molar-refractivity contribution >= 4 is 0 Å². The zero-order valence-corrected chi connectivity index (χ0v) is 6.32. The van der Waals surface area contributed by atoms with Gasteiger partial charge in [-0.1, -0.05) is 6.92 Å². The lowest BCUT2D eigenvalue weighted by atomic mass is 9.93. The standard InChI is InChI=1S/C7H14O3/c1-4-5(2)10-3-6(8)7(4)9/h4-9H,3H2,1-2H3/t4-,5+,6-,7+/m1/s1. The summed E-state index contributed by atoms with van der Waals surface area (Å²) in [6.07, 6.45) is -1.27. The summed E-state index contributed by atoms with van der Waals surface area (Å²) in [5, 5.41) is 18.4. The van der Waals surface area contributed by atoms with Crippen molar-refractivity contribution in [2.75, 3.05) is 6.61 Å². The third-order valence-electron chi connectivity index (χ3n) is 2.20. The highest BCUT2D eigenvalue weighted by atomic mass is 16.5. The van der Waals surface area contributed by atoms with Gasteiger partial charge in [-0.3, -0.25) is 0 Å². The Kier molecular flexibility index (Phi) is 2.28. The predicted molar refractivity (Wildman–Crippen MR) is 36.6 cm³/mol. The second-order valence-electron chi connectivity index (χ2n) is 2.96. The van der Waals surface area contributed by atoms with Crippen LogP contribution >= 0.6 is 0 Å². The molecule has 0 bridgehead atoms. The van der Waals surface area contributed by atoms with Crippen LogP contribution in [0.25, 0.3) is 0 Å². The number of rotatable bonds is 0. The molecule has 0 aromatic rings. The molecule has 4 atom stereocenters. The lowest BCUT2D eigenvalue weighted by molar-refractivity contribution is -0.147. The smallest absolute Gasteiger partial charge is 0.104 e. The van der Waals surface area contributed by atoms with Crippen LogP contribution in [0.15, 0.2) is 0 Å². The lowest BCUT2D eigenvalue weighted by Crippen LogP contribution is -2.46. The Balaban J connectivity index is 2.52. The Morgan fingerprint density at radius 3 is 2.40 bits per heavy atom. The molecule has 1 aliphatic heterocycles.